The van der Waals surface area contributed by atoms with Gasteiger partial charge in [0.25, 0.3) is 0 Å². The van der Waals surface area contributed by atoms with E-state index in [1.165, 1.54) is 24.3 Å². The molecule has 2 aromatic rings. The van der Waals surface area contributed by atoms with E-state index in [4.69, 9.17) is 11.6 Å². The molecule has 0 nitrogen and oxygen atoms in total. The van der Waals surface area contributed by atoms with E-state index < -0.39 is 22.6 Å². The Morgan fingerprint density at radius 3 is 2.17 bits per heavy atom. The Balaban J connectivity index is 2.51. The molecule has 0 fully saturated rings. The maximum absolute atomic E-state index is 13.5. The number of hydrogen-bond acceptors (Lipinski definition) is 0. The molecule has 0 saturated heterocycles. The van der Waals surface area contributed by atoms with Crippen molar-refractivity contribution in [3.63, 3.8) is 0 Å². The van der Waals surface area contributed by atoms with Crippen LogP contribution in [0.4, 0.5) is 17.6 Å². The van der Waals surface area contributed by atoms with E-state index in [1.807, 2.05) is 0 Å². The van der Waals surface area contributed by atoms with E-state index in [-0.39, 0.29) is 5.56 Å². The van der Waals surface area contributed by atoms with E-state index >= 15 is 0 Å². The average molecular weight is 275 g/mol. The van der Waals surface area contributed by atoms with Gasteiger partial charge >= 0.3 is 6.18 Å². The van der Waals surface area contributed by atoms with Crippen LogP contribution in [0.2, 0.25) is 5.02 Å². The highest BCUT2D eigenvalue weighted by molar-refractivity contribution is 6.31. The molecule has 0 spiro atoms. The Bertz CT molecular complexity index is 575. The molecule has 0 amide bonds. The van der Waals surface area contributed by atoms with Crippen LogP contribution in [0.15, 0.2) is 42.5 Å². The van der Waals surface area contributed by atoms with Crippen molar-refractivity contribution in [2.45, 2.75) is 6.18 Å². The summed E-state index contributed by atoms with van der Waals surface area (Å²) in [6, 6.07) is 8.99. The Kier molecular flexibility index (Phi) is 3.30. The van der Waals surface area contributed by atoms with Crippen LogP contribution in [0.3, 0.4) is 0 Å². The molecule has 0 N–H and O–H groups in total. The second kappa shape index (κ2) is 4.61. The smallest absolute Gasteiger partial charge is 0.206 e. The lowest BCUT2D eigenvalue weighted by molar-refractivity contribution is -0.137. The van der Waals surface area contributed by atoms with Gasteiger partial charge in [0.15, 0.2) is 0 Å². The second-order valence-corrected chi connectivity index (χ2v) is 4.08. The lowest BCUT2D eigenvalue weighted by Gasteiger charge is -2.10. The van der Waals surface area contributed by atoms with Gasteiger partial charge < -0.3 is 0 Å². The van der Waals surface area contributed by atoms with Crippen molar-refractivity contribution in [2.75, 3.05) is 0 Å². The van der Waals surface area contributed by atoms with Gasteiger partial charge in [-0.05, 0) is 23.8 Å². The Hall–Kier alpha value is -1.55. The molecule has 0 heterocycles. The molecule has 0 bridgehead atoms. The minimum atomic E-state index is -4.51. The highest BCUT2D eigenvalue weighted by atomic mass is 35.5. The fraction of sp³-hybridized carbons (Fsp3) is 0.0769. The van der Waals surface area contributed by atoms with Gasteiger partial charge in [-0.2, -0.15) is 13.2 Å². The van der Waals surface area contributed by atoms with E-state index in [2.05, 4.69) is 0 Å². The molecular formula is C13H7ClF4. The van der Waals surface area contributed by atoms with Crippen LogP contribution >= 0.6 is 11.6 Å². The van der Waals surface area contributed by atoms with Crippen LogP contribution < -0.4 is 0 Å². The third-order valence-corrected chi connectivity index (χ3v) is 2.77. The first kappa shape index (κ1) is 12.9. The Morgan fingerprint density at radius 2 is 1.61 bits per heavy atom. The first-order chi connectivity index (χ1) is 8.39. The minimum Gasteiger partial charge on any atom is -0.206 e. The van der Waals surface area contributed by atoms with Gasteiger partial charge in [0.2, 0.25) is 0 Å². The maximum atomic E-state index is 13.5. The van der Waals surface area contributed by atoms with Crippen LogP contribution in [0.1, 0.15) is 5.56 Å². The standard InChI is InChI=1S/C13H7ClF4/c14-11-7-8(5-6-10(11)13(16,17)18)9-3-1-2-4-12(9)15/h1-7H. The number of hydrogen-bond donors (Lipinski definition) is 0. The molecule has 0 atom stereocenters. The molecule has 0 aliphatic heterocycles. The topological polar surface area (TPSA) is 0 Å². The molecule has 5 heteroatoms. The highest BCUT2D eigenvalue weighted by Crippen LogP contribution is 2.37. The van der Waals surface area contributed by atoms with Gasteiger partial charge in [-0.25, -0.2) is 4.39 Å². The molecule has 0 aliphatic carbocycles. The number of benzene rings is 2. The second-order valence-electron chi connectivity index (χ2n) is 3.67. The van der Waals surface area contributed by atoms with Crippen LogP contribution in [0.5, 0.6) is 0 Å². The Morgan fingerprint density at radius 1 is 0.944 bits per heavy atom. The zero-order chi connectivity index (χ0) is 13.3. The Labute approximate surface area is 106 Å². The van der Waals surface area contributed by atoms with Gasteiger partial charge in [-0.15, -0.1) is 0 Å². The molecular weight excluding hydrogens is 268 g/mol. The highest BCUT2D eigenvalue weighted by Gasteiger charge is 2.33. The zero-order valence-corrected chi connectivity index (χ0v) is 9.69. The summed E-state index contributed by atoms with van der Waals surface area (Å²) >= 11 is 5.57. The lowest BCUT2D eigenvalue weighted by Crippen LogP contribution is -2.05. The van der Waals surface area contributed by atoms with Crippen molar-refractivity contribution in [3.05, 3.63) is 58.9 Å². The summed E-state index contributed by atoms with van der Waals surface area (Å²) < 4.78 is 51.0. The van der Waals surface area contributed by atoms with Crippen LogP contribution in [-0.2, 0) is 6.18 Å². The van der Waals surface area contributed by atoms with Crippen LogP contribution in [0.25, 0.3) is 11.1 Å². The quantitative estimate of drug-likeness (QED) is 0.630. The molecule has 0 unspecified atom stereocenters. The minimum absolute atomic E-state index is 0.216. The first-order valence-corrected chi connectivity index (χ1v) is 5.39. The summed E-state index contributed by atoms with van der Waals surface area (Å²) in [5.74, 6) is -0.506. The summed E-state index contributed by atoms with van der Waals surface area (Å²) in [5.41, 5.74) is -0.400. The van der Waals surface area contributed by atoms with E-state index in [0.717, 1.165) is 12.1 Å². The SMILES string of the molecule is Fc1ccccc1-c1ccc(C(F)(F)F)c(Cl)c1. The lowest BCUT2D eigenvalue weighted by atomic mass is 10.0. The summed E-state index contributed by atoms with van der Waals surface area (Å²) in [4.78, 5) is 0. The van der Waals surface area contributed by atoms with Crippen LogP contribution in [0, 0.1) is 5.82 Å². The molecule has 2 rings (SSSR count). The zero-order valence-electron chi connectivity index (χ0n) is 8.93. The van der Waals surface area contributed by atoms with Crippen molar-refractivity contribution in [3.8, 4) is 11.1 Å². The summed E-state index contributed by atoms with van der Waals surface area (Å²) in [5, 5.41) is -0.441. The number of halogens is 5. The van der Waals surface area contributed by atoms with E-state index in [1.54, 1.807) is 6.07 Å². The van der Waals surface area contributed by atoms with Gasteiger partial charge in [0.1, 0.15) is 5.82 Å². The first-order valence-electron chi connectivity index (χ1n) is 5.01. The third kappa shape index (κ3) is 2.48. The van der Waals surface area contributed by atoms with Crippen molar-refractivity contribution < 1.29 is 17.6 Å². The predicted octanol–water partition coefficient (Wildman–Crippen LogP) is 5.16. The molecule has 0 aliphatic rings. The summed E-state index contributed by atoms with van der Waals surface area (Å²) in [7, 11) is 0. The van der Waals surface area contributed by atoms with E-state index in [9.17, 15) is 17.6 Å². The predicted molar refractivity (Wildman–Crippen MR) is 61.8 cm³/mol. The van der Waals surface area contributed by atoms with Crippen molar-refractivity contribution >= 4 is 11.6 Å². The van der Waals surface area contributed by atoms with Gasteiger partial charge in [0.05, 0.1) is 10.6 Å². The molecule has 18 heavy (non-hydrogen) atoms. The summed E-state index contributed by atoms with van der Waals surface area (Å²) in [6.45, 7) is 0. The van der Waals surface area contributed by atoms with E-state index in [0.29, 0.717) is 5.56 Å². The summed E-state index contributed by atoms with van der Waals surface area (Å²) in [6.07, 6.45) is -4.51. The van der Waals surface area contributed by atoms with Crippen molar-refractivity contribution in [1.82, 2.24) is 0 Å². The van der Waals surface area contributed by atoms with Gasteiger partial charge in [0, 0.05) is 5.56 Å². The monoisotopic (exact) mass is 274 g/mol. The van der Waals surface area contributed by atoms with Gasteiger partial charge in [-0.3, -0.25) is 0 Å². The fourth-order valence-corrected chi connectivity index (χ4v) is 1.90. The molecule has 2 aromatic carbocycles. The molecule has 0 aromatic heterocycles. The normalized spacial score (nSPS) is 11.6. The van der Waals surface area contributed by atoms with Crippen molar-refractivity contribution in [1.29, 1.82) is 0 Å². The fourth-order valence-electron chi connectivity index (χ4n) is 1.61. The van der Waals surface area contributed by atoms with Crippen molar-refractivity contribution in [2.24, 2.45) is 0 Å². The largest absolute Gasteiger partial charge is 0.417 e. The maximum Gasteiger partial charge on any atom is 0.417 e. The molecule has 0 saturated carbocycles. The van der Waals surface area contributed by atoms with Gasteiger partial charge in [-0.1, -0.05) is 35.9 Å². The molecule has 94 valence electrons. The average Bonchev–Trinajstić information content (AvgIpc) is 2.27. The number of alkyl halides is 3. The number of rotatable bonds is 1. The molecule has 0 radical (unpaired) electrons. The van der Waals surface area contributed by atoms with Crippen LogP contribution in [-0.4, -0.2) is 0 Å². The third-order valence-electron chi connectivity index (χ3n) is 2.46.